The van der Waals surface area contributed by atoms with Crippen molar-refractivity contribution >= 4 is 0 Å². The predicted octanol–water partition coefficient (Wildman–Crippen LogP) is 3.76. The van der Waals surface area contributed by atoms with E-state index in [4.69, 9.17) is 0 Å². The van der Waals surface area contributed by atoms with E-state index < -0.39 is 0 Å². The van der Waals surface area contributed by atoms with E-state index in [0.29, 0.717) is 0 Å². The Balaban J connectivity index is 2.23. The Bertz CT molecular complexity index is 371. The van der Waals surface area contributed by atoms with Crippen molar-refractivity contribution in [3.05, 3.63) is 66.1 Å². The Kier molecular flexibility index (Phi) is 3.39. The van der Waals surface area contributed by atoms with Crippen LogP contribution in [0.15, 0.2) is 48.6 Å². The summed E-state index contributed by atoms with van der Waals surface area (Å²) < 4.78 is 0. The number of hydrogen-bond donors (Lipinski definition) is 0. The Morgan fingerprint density at radius 1 is 1.07 bits per heavy atom. The molecule has 0 saturated heterocycles. The molecule has 0 saturated carbocycles. The Hall–Kier alpha value is -1.30. The summed E-state index contributed by atoms with van der Waals surface area (Å²) in [4.78, 5) is 0. The molecule has 1 aliphatic carbocycles. The van der Waals surface area contributed by atoms with Gasteiger partial charge >= 0.3 is 0 Å². The summed E-state index contributed by atoms with van der Waals surface area (Å²) in [5, 5.41) is 0. The fraction of sp³-hybridized carbons (Fsp3) is 0.267. The lowest BCUT2D eigenvalue weighted by Crippen LogP contribution is -1.97. The minimum atomic E-state index is 0.946. The maximum Gasteiger partial charge on any atom is -0.00640 e. The molecule has 0 fully saturated rings. The van der Waals surface area contributed by atoms with Crippen LogP contribution < -0.4 is 0 Å². The molecule has 0 bridgehead atoms. The van der Waals surface area contributed by atoms with Crippen LogP contribution in [-0.4, -0.2) is 0 Å². The molecule has 0 atom stereocenters. The topological polar surface area (TPSA) is 0 Å². The van der Waals surface area contributed by atoms with E-state index in [-0.39, 0.29) is 0 Å². The summed E-state index contributed by atoms with van der Waals surface area (Å²) in [7, 11) is 0. The second kappa shape index (κ2) is 4.97. The maximum absolute atomic E-state index is 4.12. The molecule has 0 amide bonds. The summed E-state index contributed by atoms with van der Waals surface area (Å²) >= 11 is 0. The standard InChI is InChI=1S/C15H16/c1-13-8-4-2-3-5-9-14-10-6-7-11-15(14)12-13/h2,4,6-7,10-11H,1,3,8-9,12H2/b4-2-. The van der Waals surface area contributed by atoms with Crippen LogP contribution in [0.25, 0.3) is 0 Å². The Morgan fingerprint density at radius 2 is 1.87 bits per heavy atom. The summed E-state index contributed by atoms with van der Waals surface area (Å²) in [5.74, 6) is 0. The van der Waals surface area contributed by atoms with Gasteiger partial charge in [0.05, 0.1) is 0 Å². The van der Waals surface area contributed by atoms with Gasteiger partial charge in [0.2, 0.25) is 0 Å². The van der Waals surface area contributed by atoms with Crippen LogP contribution >= 0.6 is 0 Å². The lowest BCUT2D eigenvalue weighted by Gasteiger charge is -2.11. The molecule has 2 rings (SSSR count). The number of benzene rings is 1. The first kappa shape index (κ1) is 10.2. The van der Waals surface area contributed by atoms with E-state index in [0.717, 1.165) is 25.7 Å². The number of hydrogen-bond acceptors (Lipinski definition) is 0. The molecule has 15 heavy (non-hydrogen) atoms. The van der Waals surface area contributed by atoms with E-state index >= 15 is 0 Å². The van der Waals surface area contributed by atoms with Gasteiger partial charge in [-0.3, -0.25) is 0 Å². The lowest BCUT2D eigenvalue weighted by atomic mass is 9.94. The van der Waals surface area contributed by atoms with Crippen LogP contribution in [0.3, 0.4) is 0 Å². The third-order valence-corrected chi connectivity index (χ3v) is 2.71. The molecule has 0 heteroatoms. The molecule has 0 unspecified atom stereocenters. The lowest BCUT2D eigenvalue weighted by molar-refractivity contribution is 0.978. The zero-order valence-electron chi connectivity index (χ0n) is 9.00. The van der Waals surface area contributed by atoms with E-state index in [1.165, 1.54) is 16.7 Å². The summed E-state index contributed by atoms with van der Waals surface area (Å²) in [5.41, 5.74) is 4.10. The largest absolute Gasteiger partial charge is 0.0992 e. The Labute approximate surface area is 92.3 Å². The first-order valence-electron chi connectivity index (χ1n) is 5.45. The van der Waals surface area contributed by atoms with Crippen molar-refractivity contribution in [1.29, 1.82) is 0 Å². The van der Waals surface area contributed by atoms with Gasteiger partial charge in [0.1, 0.15) is 0 Å². The smallest absolute Gasteiger partial charge is 0.00640 e. The molecule has 0 N–H and O–H groups in total. The van der Waals surface area contributed by atoms with Gasteiger partial charge in [-0.25, -0.2) is 0 Å². The average molecular weight is 196 g/mol. The van der Waals surface area contributed by atoms with Crippen molar-refractivity contribution in [2.24, 2.45) is 0 Å². The maximum atomic E-state index is 4.12. The van der Waals surface area contributed by atoms with Crippen molar-refractivity contribution in [1.82, 2.24) is 0 Å². The highest BCUT2D eigenvalue weighted by Crippen LogP contribution is 2.18. The zero-order valence-corrected chi connectivity index (χ0v) is 9.00. The molecule has 0 nitrogen and oxygen atoms in total. The van der Waals surface area contributed by atoms with E-state index in [1.54, 1.807) is 0 Å². The van der Waals surface area contributed by atoms with E-state index in [9.17, 15) is 0 Å². The van der Waals surface area contributed by atoms with Crippen molar-refractivity contribution in [3.8, 4) is 0 Å². The third kappa shape index (κ3) is 2.82. The van der Waals surface area contributed by atoms with Crippen LogP contribution in [0.4, 0.5) is 0 Å². The van der Waals surface area contributed by atoms with Crippen molar-refractivity contribution < 1.29 is 0 Å². The van der Waals surface area contributed by atoms with Gasteiger partial charge in [0.25, 0.3) is 0 Å². The third-order valence-electron chi connectivity index (χ3n) is 2.71. The Morgan fingerprint density at radius 3 is 2.73 bits per heavy atom. The van der Waals surface area contributed by atoms with Crippen molar-refractivity contribution in [3.63, 3.8) is 0 Å². The van der Waals surface area contributed by atoms with E-state index in [1.807, 2.05) is 0 Å². The van der Waals surface area contributed by atoms with Crippen LogP contribution in [0.1, 0.15) is 24.0 Å². The van der Waals surface area contributed by atoms with Crippen LogP contribution in [0, 0.1) is 6.42 Å². The zero-order chi connectivity index (χ0) is 10.5. The van der Waals surface area contributed by atoms with Crippen molar-refractivity contribution in [2.45, 2.75) is 25.7 Å². The van der Waals surface area contributed by atoms with Gasteiger partial charge < -0.3 is 0 Å². The molecule has 76 valence electrons. The molecule has 1 aliphatic rings. The first-order chi connectivity index (χ1) is 7.36. The van der Waals surface area contributed by atoms with Gasteiger partial charge in [-0.05, 0) is 43.2 Å². The molecule has 2 radical (unpaired) electrons. The highest BCUT2D eigenvalue weighted by molar-refractivity contribution is 5.32. The normalized spacial score (nSPS) is 19.3. The molecule has 0 aliphatic heterocycles. The van der Waals surface area contributed by atoms with Crippen LogP contribution in [0.2, 0.25) is 0 Å². The summed E-state index contributed by atoms with van der Waals surface area (Å²) in [6.07, 6.45) is 11.7. The minimum absolute atomic E-state index is 0.946. The highest BCUT2D eigenvalue weighted by Gasteiger charge is 2.04. The number of rotatable bonds is 0. The van der Waals surface area contributed by atoms with Gasteiger partial charge in [-0.1, -0.05) is 48.6 Å². The SMILES string of the molecule is C=C1C/C=C\C[C]Cc2ccccc2C1. The predicted molar refractivity (Wildman–Crippen MR) is 64.6 cm³/mol. The quantitative estimate of drug-likeness (QED) is 0.554. The monoisotopic (exact) mass is 196 g/mol. The second-order valence-corrected chi connectivity index (χ2v) is 4.00. The fourth-order valence-corrected chi connectivity index (χ4v) is 1.87. The summed E-state index contributed by atoms with van der Waals surface area (Å²) in [6, 6.07) is 8.60. The number of allylic oxidation sites excluding steroid dienone is 3. The highest BCUT2D eigenvalue weighted by atomic mass is 14.1. The summed E-state index contributed by atoms with van der Waals surface area (Å²) in [6.45, 7) is 4.12. The van der Waals surface area contributed by atoms with E-state index in [2.05, 4.69) is 49.4 Å². The number of fused-ring (bicyclic) bond motifs is 1. The van der Waals surface area contributed by atoms with Gasteiger partial charge in [-0.2, -0.15) is 0 Å². The molecule has 1 aromatic carbocycles. The fourth-order valence-electron chi connectivity index (χ4n) is 1.87. The van der Waals surface area contributed by atoms with Crippen LogP contribution in [0.5, 0.6) is 0 Å². The molecular formula is C15H16. The van der Waals surface area contributed by atoms with Gasteiger partial charge in [0.15, 0.2) is 0 Å². The second-order valence-electron chi connectivity index (χ2n) is 4.00. The molecule has 0 spiro atoms. The van der Waals surface area contributed by atoms with Gasteiger partial charge in [-0.15, -0.1) is 0 Å². The van der Waals surface area contributed by atoms with Gasteiger partial charge in [0, 0.05) is 0 Å². The first-order valence-corrected chi connectivity index (χ1v) is 5.45. The average Bonchev–Trinajstić information content (AvgIpc) is 2.25. The minimum Gasteiger partial charge on any atom is -0.0992 e. The van der Waals surface area contributed by atoms with Crippen molar-refractivity contribution in [2.75, 3.05) is 0 Å². The molecule has 1 aromatic rings. The van der Waals surface area contributed by atoms with Crippen LogP contribution in [-0.2, 0) is 12.8 Å². The molecule has 0 heterocycles. The molecule has 0 aromatic heterocycles. The molecular weight excluding hydrogens is 180 g/mol.